The molecule has 1 aromatic heterocycles. The van der Waals surface area contributed by atoms with Gasteiger partial charge in [0.1, 0.15) is 5.52 Å². The summed E-state index contributed by atoms with van der Waals surface area (Å²) in [5.41, 5.74) is 2.19. The Balaban J connectivity index is 2.03. The molecule has 4 nitrogen and oxygen atoms in total. The maximum absolute atomic E-state index is 12.1. The monoisotopic (exact) mass is 353 g/mol. The predicted octanol–water partition coefficient (Wildman–Crippen LogP) is 4.39. The summed E-state index contributed by atoms with van der Waals surface area (Å²) in [6.07, 6.45) is 3.43. The zero-order valence-electron chi connectivity index (χ0n) is 14.7. The second-order valence-corrected chi connectivity index (χ2v) is 6.22. The van der Waals surface area contributed by atoms with Crippen LogP contribution in [0.2, 0.25) is 0 Å². The van der Waals surface area contributed by atoms with Crippen LogP contribution in [-0.2, 0) is 5.60 Å². The van der Waals surface area contributed by atoms with Crippen LogP contribution >= 0.6 is 0 Å². The molecule has 0 atom stereocenters. The summed E-state index contributed by atoms with van der Waals surface area (Å²) >= 11 is 0. The summed E-state index contributed by atoms with van der Waals surface area (Å²) < 4.78 is 1.68. The van der Waals surface area contributed by atoms with Crippen molar-refractivity contribution >= 4 is 16.7 Å². The minimum atomic E-state index is -1.42. The lowest BCUT2D eigenvalue weighted by atomic mass is 9.83. The average Bonchev–Trinajstić information content (AvgIpc) is 3.16. The summed E-state index contributed by atoms with van der Waals surface area (Å²) in [4.78, 5) is 0. The maximum Gasteiger partial charge on any atom is 0.157 e. The van der Waals surface area contributed by atoms with E-state index in [1.54, 1.807) is 16.8 Å². The highest BCUT2D eigenvalue weighted by atomic mass is 16.3. The normalized spacial score (nSPS) is 12.3. The number of allylic oxidation sites excluding steroid dienone is 2. The van der Waals surface area contributed by atoms with E-state index < -0.39 is 5.60 Å². The minimum absolute atomic E-state index is 0.559. The van der Waals surface area contributed by atoms with Crippen LogP contribution < -0.4 is 0 Å². The topological polar surface area (TPSA) is 50.9 Å². The molecule has 3 aromatic carbocycles. The Morgan fingerprint density at radius 3 is 2.00 bits per heavy atom. The van der Waals surface area contributed by atoms with Crippen molar-refractivity contribution in [2.45, 2.75) is 5.60 Å². The Kier molecular flexibility index (Phi) is 4.40. The molecule has 4 rings (SSSR count). The molecule has 0 fully saturated rings. The molecule has 132 valence electrons. The van der Waals surface area contributed by atoms with Gasteiger partial charge in [0.15, 0.2) is 5.60 Å². The van der Waals surface area contributed by atoms with E-state index in [1.165, 1.54) is 0 Å². The number of benzene rings is 3. The van der Waals surface area contributed by atoms with Crippen LogP contribution in [0.25, 0.3) is 16.7 Å². The van der Waals surface area contributed by atoms with Gasteiger partial charge in [0.25, 0.3) is 0 Å². The van der Waals surface area contributed by atoms with E-state index in [9.17, 15) is 5.11 Å². The van der Waals surface area contributed by atoms with Gasteiger partial charge in [-0.15, -0.1) is 5.10 Å². The highest BCUT2D eigenvalue weighted by Crippen LogP contribution is 2.39. The number of hydrogen-bond acceptors (Lipinski definition) is 3. The van der Waals surface area contributed by atoms with E-state index in [0.717, 1.165) is 22.2 Å². The third-order valence-corrected chi connectivity index (χ3v) is 4.61. The largest absolute Gasteiger partial charge is 0.374 e. The van der Waals surface area contributed by atoms with Crippen molar-refractivity contribution < 1.29 is 5.11 Å². The van der Waals surface area contributed by atoms with E-state index in [-0.39, 0.29) is 0 Å². The van der Waals surface area contributed by atoms with Crippen LogP contribution in [0.3, 0.4) is 0 Å². The Morgan fingerprint density at radius 2 is 1.41 bits per heavy atom. The van der Waals surface area contributed by atoms with E-state index in [2.05, 4.69) is 16.9 Å². The number of aliphatic hydroxyl groups is 1. The summed E-state index contributed by atoms with van der Waals surface area (Å²) in [5.74, 6) is 0. The van der Waals surface area contributed by atoms with Gasteiger partial charge in [-0.1, -0.05) is 90.7 Å². The molecule has 4 aromatic rings. The predicted molar refractivity (Wildman–Crippen MR) is 108 cm³/mol. The molecule has 1 N–H and O–H groups in total. The smallest absolute Gasteiger partial charge is 0.157 e. The Labute approximate surface area is 157 Å². The van der Waals surface area contributed by atoms with Gasteiger partial charge in [-0.2, -0.15) is 0 Å². The quantitative estimate of drug-likeness (QED) is 0.541. The molecular weight excluding hydrogens is 334 g/mol. The first kappa shape index (κ1) is 16.9. The lowest BCUT2D eigenvalue weighted by Crippen LogP contribution is -2.32. The first-order valence-electron chi connectivity index (χ1n) is 8.72. The molecule has 4 heteroatoms. The lowest BCUT2D eigenvalue weighted by Gasteiger charge is -2.32. The second kappa shape index (κ2) is 7.02. The number of aromatic nitrogens is 3. The fourth-order valence-corrected chi connectivity index (χ4v) is 3.32. The van der Waals surface area contributed by atoms with Crippen LogP contribution in [0.15, 0.2) is 104 Å². The fraction of sp³-hybridized carbons (Fsp3) is 0.0435. The first-order chi connectivity index (χ1) is 13.2. The average molecular weight is 353 g/mol. The number of rotatable bonds is 5. The zero-order valence-corrected chi connectivity index (χ0v) is 14.7. The van der Waals surface area contributed by atoms with E-state index in [0.29, 0.717) is 5.70 Å². The summed E-state index contributed by atoms with van der Waals surface area (Å²) in [5, 5.41) is 20.6. The zero-order chi connectivity index (χ0) is 18.7. The van der Waals surface area contributed by atoms with Crippen molar-refractivity contribution in [1.82, 2.24) is 15.0 Å². The van der Waals surface area contributed by atoms with Gasteiger partial charge >= 0.3 is 0 Å². The molecule has 0 saturated heterocycles. The van der Waals surface area contributed by atoms with Gasteiger partial charge < -0.3 is 5.11 Å². The lowest BCUT2D eigenvalue weighted by molar-refractivity contribution is 0.138. The second-order valence-electron chi connectivity index (χ2n) is 6.22. The molecule has 0 radical (unpaired) electrons. The van der Waals surface area contributed by atoms with Crippen molar-refractivity contribution in [3.8, 4) is 0 Å². The summed E-state index contributed by atoms with van der Waals surface area (Å²) in [6.45, 7) is 3.84. The van der Waals surface area contributed by atoms with Gasteiger partial charge in [-0.25, -0.2) is 4.68 Å². The van der Waals surface area contributed by atoms with Crippen LogP contribution in [-0.4, -0.2) is 20.1 Å². The SMILES string of the molecule is C=CC=C(n1nnc2ccccc21)C(O)(c1ccccc1)c1ccccc1. The van der Waals surface area contributed by atoms with Gasteiger partial charge in [0.2, 0.25) is 0 Å². The molecule has 0 saturated carbocycles. The van der Waals surface area contributed by atoms with Crippen molar-refractivity contribution in [2.75, 3.05) is 0 Å². The molecular formula is C23H19N3O. The highest BCUT2D eigenvalue weighted by Gasteiger charge is 2.38. The van der Waals surface area contributed by atoms with Gasteiger partial charge in [-0.3, -0.25) is 0 Å². The molecule has 27 heavy (non-hydrogen) atoms. The standard InChI is InChI=1S/C23H19N3O/c1-2-11-22(26-21-17-10-9-16-20(21)24-25-26)23(27,18-12-5-3-6-13-18)19-14-7-4-8-15-19/h2-17,27H,1H2. The van der Waals surface area contributed by atoms with Crippen LogP contribution in [0.1, 0.15) is 11.1 Å². The van der Waals surface area contributed by atoms with Crippen molar-refractivity contribution in [3.63, 3.8) is 0 Å². The van der Waals surface area contributed by atoms with Gasteiger partial charge in [-0.05, 0) is 29.3 Å². The number of para-hydroxylation sites is 1. The van der Waals surface area contributed by atoms with Crippen LogP contribution in [0, 0.1) is 0 Å². The van der Waals surface area contributed by atoms with Gasteiger partial charge in [0, 0.05) is 0 Å². The van der Waals surface area contributed by atoms with E-state index in [1.807, 2.05) is 84.9 Å². The third-order valence-electron chi connectivity index (χ3n) is 4.61. The molecule has 0 unspecified atom stereocenters. The van der Waals surface area contributed by atoms with Crippen molar-refractivity contribution in [3.05, 3.63) is 115 Å². The summed E-state index contributed by atoms with van der Waals surface area (Å²) in [6, 6.07) is 26.8. The molecule has 0 bridgehead atoms. The maximum atomic E-state index is 12.1. The van der Waals surface area contributed by atoms with Crippen LogP contribution in [0.5, 0.6) is 0 Å². The molecule has 0 amide bonds. The molecule has 0 aliphatic heterocycles. The number of fused-ring (bicyclic) bond motifs is 1. The number of hydrogen-bond donors (Lipinski definition) is 1. The molecule has 0 aliphatic carbocycles. The number of nitrogens with zero attached hydrogens (tertiary/aromatic N) is 3. The third kappa shape index (κ3) is 2.86. The van der Waals surface area contributed by atoms with Crippen LogP contribution in [0.4, 0.5) is 0 Å². The minimum Gasteiger partial charge on any atom is -0.374 e. The fourth-order valence-electron chi connectivity index (χ4n) is 3.32. The van der Waals surface area contributed by atoms with Gasteiger partial charge in [0.05, 0.1) is 11.2 Å². The Morgan fingerprint density at radius 1 is 0.852 bits per heavy atom. The highest BCUT2D eigenvalue weighted by molar-refractivity contribution is 5.80. The molecule has 1 heterocycles. The molecule has 0 spiro atoms. The van der Waals surface area contributed by atoms with Crippen molar-refractivity contribution in [2.24, 2.45) is 0 Å². The Bertz CT molecular complexity index is 1060. The Hall–Kier alpha value is -3.50. The first-order valence-corrected chi connectivity index (χ1v) is 8.72. The van der Waals surface area contributed by atoms with Crippen molar-refractivity contribution in [1.29, 1.82) is 0 Å². The summed E-state index contributed by atoms with van der Waals surface area (Å²) in [7, 11) is 0. The molecule has 0 aliphatic rings. The van der Waals surface area contributed by atoms with E-state index >= 15 is 0 Å². The van der Waals surface area contributed by atoms with E-state index in [4.69, 9.17) is 0 Å².